The van der Waals surface area contributed by atoms with Gasteiger partial charge in [-0.1, -0.05) is 19.1 Å². The van der Waals surface area contributed by atoms with Crippen LogP contribution in [0.4, 0.5) is 5.69 Å². The van der Waals surface area contributed by atoms with Crippen molar-refractivity contribution in [1.82, 2.24) is 4.90 Å². The van der Waals surface area contributed by atoms with Crippen LogP contribution in [-0.2, 0) is 4.79 Å². The number of para-hydroxylation sites is 1. The Balaban J connectivity index is 2.08. The van der Waals surface area contributed by atoms with Gasteiger partial charge in [0.1, 0.15) is 6.07 Å². The van der Waals surface area contributed by atoms with Crippen LogP contribution >= 0.6 is 0 Å². The molecule has 1 amide bonds. The number of nitrogens with zero attached hydrogens (tertiary/aromatic N) is 2. The summed E-state index contributed by atoms with van der Waals surface area (Å²) >= 11 is 0. The Labute approximate surface area is 125 Å². The Morgan fingerprint density at radius 2 is 2.29 bits per heavy atom. The minimum atomic E-state index is -0.334. The SMILES string of the molecule is CC1CCN(C(C)C(=O)Nc2ccccc2C#N)C1CO. The number of carbonyl (C=O) groups is 1. The number of anilines is 1. The normalized spacial score (nSPS) is 23.5. The molecule has 1 aromatic rings. The van der Waals surface area contributed by atoms with Crippen molar-refractivity contribution in [3.05, 3.63) is 29.8 Å². The number of amides is 1. The van der Waals surface area contributed by atoms with E-state index in [-0.39, 0.29) is 24.6 Å². The van der Waals surface area contributed by atoms with Crippen LogP contribution in [0.15, 0.2) is 24.3 Å². The van der Waals surface area contributed by atoms with Crippen LogP contribution < -0.4 is 5.32 Å². The molecule has 3 atom stereocenters. The first-order valence-electron chi connectivity index (χ1n) is 7.25. The number of hydrogen-bond acceptors (Lipinski definition) is 4. The van der Waals surface area contributed by atoms with Crippen LogP contribution in [0.25, 0.3) is 0 Å². The molecule has 5 heteroatoms. The average Bonchev–Trinajstić information content (AvgIpc) is 2.87. The van der Waals surface area contributed by atoms with Crippen molar-refractivity contribution in [1.29, 1.82) is 5.26 Å². The molecular formula is C16H21N3O2. The van der Waals surface area contributed by atoms with Crippen molar-refractivity contribution < 1.29 is 9.90 Å². The first kappa shape index (κ1) is 15.5. The Morgan fingerprint density at radius 1 is 1.57 bits per heavy atom. The summed E-state index contributed by atoms with van der Waals surface area (Å²) in [6.07, 6.45) is 0.984. The predicted octanol–water partition coefficient (Wildman–Crippen LogP) is 1.59. The summed E-state index contributed by atoms with van der Waals surface area (Å²) in [6.45, 7) is 4.80. The highest BCUT2D eigenvalue weighted by Gasteiger charge is 2.36. The lowest BCUT2D eigenvalue weighted by atomic mass is 10.0. The molecule has 0 aromatic heterocycles. The highest BCUT2D eigenvalue weighted by atomic mass is 16.3. The number of aliphatic hydroxyl groups is 1. The quantitative estimate of drug-likeness (QED) is 0.881. The lowest BCUT2D eigenvalue weighted by Crippen LogP contribution is -2.47. The van der Waals surface area contributed by atoms with Gasteiger partial charge in [0.25, 0.3) is 0 Å². The van der Waals surface area contributed by atoms with Crippen LogP contribution in [-0.4, -0.2) is 41.1 Å². The standard InChI is InChI=1S/C16H21N3O2/c1-11-7-8-19(15(11)10-20)12(2)16(21)18-14-6-4-3-5-13(14)9-17/h3-6,11-12,15,20H,7-8,10H2,1-2H3,(H,18,21). The largest absolute Gasteiger partial charge is 0.395 e. The summed E-state index contributed by atoms with van der Waals surface area (Å²) in [7, 11) is 0. The lowest BCUT2D eigenvalue weighted by Gasteiger charge is -2.30. The molecule has 112 valence electrons. The number of nitriles is 1. The number of aliphatic hydroxyl groups excluding tert-OH is 1. The third kappa shape index (κ3) is 3.23. The van der Waals surface area contributed by atoms with Gasteiger partial charge in [-0.25, -0.2) is 0 Å². The number of likely N-dealkylation sites (tertiary alicyclic amines) is 1. The molecule has 0 bridgehead atoms. The number of carbonyl (C=O) groups excluding carboxylic acids is 1. The molecule has 0 saturated carbocycles. The van der Waals surface area contributed by atoms with E-state index in [9.17, 15) is 9.90 Å². The number of benzene rings is 1. The van der Waals surface area contributed by atoms with E-state index in [1.807, 2.05) is 11.8 Å². The van der Waals surface area contributed by atoms with Crippen molar-refractivity contribution in [2.45, 2.75) is 32.4 Å². The van der Waals surface area contributed by atoms with Crippen LogP contribution in [0.1, 0.15) is 25.8 Å². The van der Waals surface area contributed by atoms with E-state index in [0.29, 0.717) is 17.2 Å². The summed E-state index contributed by atoms with van der Waals surface area (Å²) in [5, 5.41) is 21.4. The number of rotatable bonds is 4. The summed E-state index contributed by atoms with van der Waals surface area (Å²) in [4.78, 5) is 14.4. The molecule has 5 nitrogen and oxygen atoms in total. The summed E-state index contributed by atoms with van der Waals surface area (Å²) in [5.74, 6) is 0.238. The first-order chi connectivity index (χ1) is 10.1. The Morgan fingerprint density at radius 3 is 2.95 bits per heavy atom. The van der Waals surface area contributed by atoms with E-state index < -0.39 is 0 Å². The van der Waals surface area contributed by atoms with E-state index in [2.05, 4.69) is 18.3 Å². The maximum atomic E-state index is 12.4. The van der Waals surface area contributed by atoms with Gasteiger partial charge in [-0.15, -0.1) is 0 Å². The van der Waals surface area contributed by atoms with Gasteiger partial charge in [-0.05, 0) is 37.9 Å². The zero-order chi connectivity index (χ0) is 15.4. The number of hydrogen-bond donors (Lipinski definition) is 2. The molecule has 1 heterocycles. The number of nitrogens with one attached hydrogen (secondary N) is 1. The van der Waals surface area contributed by atoms with Crippen LogP contribution in [0.3, 0.4) is 0 Å². The molecule has 0 radical (unpaired) electrons. The molecule has 2 rings (SSSR count). The Bertz CT molecular complexity index is 553. The molecule has 2 N–H and O–H groups in total. The monoisotopic (exact) mass is 287 g/mol. The van der Waals surface area contributed by atoms with E-state index in [4.69, 9.17) is 5.26 Å². The van der Waals surface area contributed by atoms with Gasteiger partial charge >= 0.3 is 0 Å². The van der Waals surface area contributed by atoms with Crippen molar-refractivity contribution in [2.24, 2.45) is 5.92 Å². The molecular weight excluding hydrogens is 266 g/mol. The molecule has 0 spiro atoms. The van der Waals surface area contributed by atoms with Crippen molar-refractivity contribution >= 4 is 11.6 Å². The minimum absolute atomic E-state index is 0.0250. The van der Waals surface area contributed by atoms with Gasteiger partial charge in [0.2, 0.25) is 5.91 Å². The molecule has 1 saturated heterocycles. The van der Waals surface area contributed by atoms with Crippen LogP contribution in [0.5, 0.6) is 0 Å². The molecule has 1 aliphatic heterocycles. The topological polar surface area (TPSA) is 76.4 Å². The molecule has 1 fully saturated rings. The Hall–Kier alpha value is -1.90. The highest BCUT2D eigenvalue weighted by molar-refractivity contribution is 5.95. The maximum absolute atomic E-state index is 12.4. The zero-order valence-electron chi connectivity index (χ0n) is 12.4. The van der Waals surface area contributed by atoms with Crippen molar-refractivity contribution in [3.63, 3.8) is 0 Å². The van der Waals surface area contributed by atoms with Gasteiger partial charge < -0.3 is 10.4 Å². The molecule has 21 heavy (non-hydrogen) atoms. The second kappa shape index (κ2) is 6.70. The molecule has 1 aliphatic rings. The van der Waals surface area contributed by atoms with E-state index >= 15 is 0 Å². The van der Waals surface area contributed by atoms with Gasteiger partial charge in [0, 0.05) is 6.04 Å². The van der Waals surface area contributed by atoms with Gasteiger partial charge in [0.15, 0.2) is 0 Å². The van der Waals surface area contributed by atoms with Crippen molar-refractivity contribution in [2.75, 3.05) is 18.5 Å². The van der Waals surface area contributed by atoms with Crippen LogP contribution in [0, 0.1) is 17.2 Å². The summed E-state index contributed by atoms with van der Waals surface area (Å²) in [6, 6.07) is 8.71. The third-order valence-corrected chi connectivity index (χ3v) is 4.29. The first-order valence-corrected chi connectivity index (χ1v) is 7.25. The fourth-order valence-corrected chi connectivity index (χ4v) is 2.88. The van der Waals surface area contributed by atoms with Gasteiger partial charge in [0.05, 0.1) is 23.9 Å². The fraction of sp³-hybridized carbons (Fsp3) is 0.500. The second-order valence-electron chi connectivity index (χ2n) is 5.58. The minimum Gasteiger partial charge on any atom is -0.395 e. The lowest BCUT2D eigenvalue weighted by molar-refractivity contribution is -0.121. The van der Waals surface area contributed by atoms with E-state index in [1.165, 1.54) is 0 Å². The second-order valence-corrected chi connectivity index (χ2v) is 5.58. The fourth-order valence-electron chi connectivity index (χ4n) is 2.88. The summed E-state index contributed by atoms with van der Waals surface area (Å²) in [5.41, 5.74) is 0.983. The zero-order valence-corrected chi connectivity index (χ0v) is 12.4. The maximum Gasteiger partial charge on any atom is 0.241 e. The van der Waals surface area contributed by atoms with E-state index in [1.54, 1.807) is 24.3 Å². The molecule has 0 aliphatic carbocycles. The third-order valence-electron chi connectivity index (χ3n) is 4.29. The molecule has 3 unspecified atom stereocenters. The average molecular weight is 287 g/mol. The molecule has 1 aromatic carbocycles. The Kier molecular flexibility index (Phi) is 4.94. The summed E-state index contributed by atoms with van der Waals surface area (Å²) < 4.78 is 0. The highest BCUT2D eigenvalue weighted by Crippen LogP contribution is 2.26. The van der Waals surface area contributed by atoms with Gasteiger partial charge in [-0.3, -0.25) is 9.69 Å². The van der Waals surface area contributed by atoms with E-state index in [0.717, 1.165) is 13.0 Å². The van der Waals surface area contributed by atoms with Crippen LogP contribution in [0.2, 0.25) is 0 Å². The smallest absolute Gasteiger partial charge is 0.241 e. The predicted molar refractivity (Wildman–Crippen MR) is 80.6 cm³/mol. The van der Waals surface area contributed by atoms with Crippen molar-refractivity contribution in [3.8, 4) is 6.07 Å². The van der Waals surface area contributed by atoms with Gasteiger partial charge in [-0.2, -0.15) is 5.26 Å².